The summed E-state index contributed by atoms with van der Waals surface area (Å²) in [6, 6.07) is 4.31. The molecule has 0 aromatic heterocycles. The van der Waals surface area contributed by atoms with Crippen LogP contribution in [0.3, 0.4) is 0 Å². The predicted molar refractivity (Wildman–Crippen MR) is 71.4 cm³/mol. The van der Waals surface area contributed by atoms with E-state index in [1.807, 2.05) is 0 Å². The van der Waals surface area contributed by atoms with E-state index in [9.17, 15) is 13.5 Å². The van der Waals surface area contributed by atoms with Gasteiger partial charge in [0.25, 0.3) is 0 Å². The van der Waals surface area contributed by atoms with E-state index in [1.165, 1.54) is 16.4 Å². The highest BCUT2D eigenvalue weighted by Gasteiger charge is 2.35. The summed E-state index contributed by atoms with van der Waals surface area (Å²) in [6.07, 6.45) is 1.47. The second kappa shape index (κ2) is 5.23. The lowest BCUT2D eigenvalue weighted by atomic mass is 10.2. The van der Waals surface area contributed by atoms with E-state index >= 15 is 0 Å². The van der Waals surface area contributed by atoms with E-state index in [2.05, 4.69) is 0 Å². The number of aliphatic hydroxyl groups excluding tert-OH is 1. The smallest absolute Gasteiger partial charge is 0.243 e. The molecule has 2 aliphatic heterocycles. The maximum atomic E-state index is 12.6. The van der Waals surface area contributed by atoms with Crippen molar-refractivity contribution in [3.8, 4) is 11.5 Å². The normalized spacial score (nSPS) is 22.9. The zero-order valence-electron chi connectivity index (χ0n) is 11.0. The van der Waals surface area contributed by atoms with Crippen LogP contribution in [0.25, 0.3) is 0 Å². The Morgan fingerprint density at radius 2 is 2.00 bits per heavy atom. The largest absolute Gasteiger partial charge is 0.486 e. The van der Waals surface area contributed by atoms with Crippen LogP contribution in [0, 0.1) is 0 Å². The molecule has 1 saturated heterocycles. The fourth-order valence-electron chi connectivity index (χ4n) is 2.63. The van der Waals surface area contributed by atoms with Gasteiger partial charge < -0.3 is 14.6 Å². The van der Waals surface area contributed by atoms with Gasteiger partial charge in [0.2, 0.25) is 10.0 Å². The van der Waals surface area contributed by atoms with Crippen molar-refractivity contribution in [3.05, 3.63) is 18.2 Å². The number of aliphatic hydroxyl groups is 1. The van der Waals surface area contributed by atoms with Crippen LogP contribution in [0.15, 0.2) is 23.1 Å². The maximum absolute atomic E-state index is 12.6. The first-order valence-corrected chi connectivity index (χ1v) is 8.09. The molecule has 110 valence electrons. The Balaban J connectivity index is 1.95. The zero-order valence-corrected chi connectivity index (χ0v) is 11.8. The van der Waals surface area contributed by atoms with Crippen molar-refractivity contribution in [2.24, 2.45) is 0 Å². The molecule has 1 aromatic carbocycles. The third kappa shape index (κ3) is 2.25. The Morgan fingerprint density at radius 1 is 1.25 bits per heavy atom. The Hall–Kier alpha value is -1.31. The molecule has 1 aromatic rings. The molecule has 20 heavy (non-hydrogen) atoms. The summed E-state index contributed by atoms with van der Waals surface area (Å²) in [5.74, 6) is 1.02. The van der Waals surface area contributed by atoms with Gasteiger partial charge >= 0.3 is 0 Å². The van der Waals surface area contributed by atoms with Crippen LogP contribution in [0.4, 0.5) is 0 Å². The van der Waals surface area contributed by atoms with Crippen molar-refractivity contribution in [2.45, 2.75) is 23.8 Å². The second-order valence-electron chi connectivity index (χ2n) is 4.90. The topological polar surface area (TPSA) is 76.1 Å². The van der Waals surface area contributed by atoms with Crippen molar-refractivity contribution in [1.82, 2.24) is 4.31 Å². The van der Waals surface area contributed by atoms with Crippen molar-refractivity contribution in [2.75, 3.05) is 26.4 Å². The highest BCUT2D eigenvalue weighted by atomic mass is 32.2. The van der Waals surface area contributed by atoms with Gasteiger partial charge in [0.05, 0.1) is 11.5 Å². The predicted octanol–water partition coefficient (Wildman–Crippen LogP) is 0.603. The SMILES string of the molecule is O=S(=O)(c1ccc2c(c1)OCCO2)N1CCC[C@H]1CO. The van der Waals surface area contributed by atoms with Crippen LogP contribution in [-0.4, -0.2) is 50.2 Å². The van der Waals surface area contributed by atoms with Crippen LogP contribution >= 0.6 is 0 Å². The standard InChI is InChI=1S/C13H17NO5S/c15-9-10-2-1-5-14(10)20(16,17)11-3-4-12-13(8-11)19-7-6-18-12/h3-4,8,10,15H,1-2,5-7,9H2/t10-/m0/s1. The summed E-state index contributed by atoms with van der Waals surface area (Å²) in [4.78, 5) is 0.183. The van der Waals surface area contributed by atoms with Crippen molar-refractivity contribution < 1.29 is 23.0 Å². The lowest BCUT2D eigenvalue weighted by Gasteiger charge is -2.24. The number of hydrogen-bond acceptors (Lipinski definition) is 5. The summed E-state index contributed by atoms with van der Waals surface area (Å²) >= 11 is 0. The molecule has 1 N–H and O–H groups in total. The Labute approximate surface area is 118 Å². The molecule has 7 heteroatoms. The molecule has 1 fully saturated rings. The third-order valence-electron chi connectivity index (χ3n) is 3.65. The molecule has 1 atom stereocenters. The molecule has 0 spiro atoms. The zero-order chi connectivity index (χ0) is 14.2. The summed E-state index contributed by atoms with van der Waals surface area (Å²) in [5, 5.41) is 9.29. The van der Waals surface area contributed by atoms with Gasteiger partial charge in [0.15, 0.2) is 11.5 Å². The summed E-state index contributed by atoms with van der Waals surface area (Å²) in [7, 11) is -3.60. The van der Waals surface area contributed by atoms with E-state index in [0.29, 0.717) is 37.7 Å². The molecule has 2 aliphatic rings. The van der Waals surface area contributed by atoms with Crippen LogP contribution in [0.2, 0.25) is 0 Å². The lowest BCUT2D eigenvalue weighted by Crippen LogP contribution is -2.37. The molecule has 2 heterocycles. The van der Waals surface area contributed by atoms with Crippen LogP contribution in [0.1, 0.15) is 12.8 Å². The number of hydrogen-bond donors (Lipinski definition) is 1. The van der Waals surface area contributed by atoms with Crippen LogP contribution in [0.5, 0.6) is 11.5 Å². The summed E-state index contributed by atoms with van der Waals surface area (Å²) < 4.78 is 37.4. The number of fused-ring (bicyclic) bond motifs is 1. The third-order valence-corrected chi connectivity index (χ3v) is 5.60. The fourth-order valence-corrected chi connectivity index (χ4v) is 4.33. The molecule has 0 amide bonds. The van der Waals surface area contributed by atoms with Gasteiger partial charge in [-0.25, -0.2) is 8.42 Å². The Bertz CT molecular complexity index is 601. The molecular formula is C13H17NO5S. The van der Waals surface area contributed by atoms with Gasteiger partial charge in [-0.3, -0.25) is 0 Å². The summed E-state index contributed by atoms with van der Waals surface area (Å²) in [5.41, 5.74) is 0. The molecule has 0 saturated carbocycles. The number of rotatable bonds is 3. The van der Waals surface area contributed by atoms with E-state index in [1.54, 1.807) is 6.07 Å². The van der Waals surface area contributed by atoms with E-state index in [0.717, 1.165) is 6.42 Å². The molecule has 0 aliphatic carbocycles. The molecule has 6 nitrogen and oxygen atoms in total. The van der Waals surface area contributed by atoms with Gasteiger partial charge in [-0.05, 0) is 25.0 Å². The molecular weight excluding hydrogens is 282 g/mol. The van der Waals surface area contributed by atoms with Crippen LogP contribution in [-0.2, 0) is 10.0 Å². The number of nitrogens with zero attached hydrogens (tertiary/aromatic N) is 1. The van der Waals surface area contributed by atoms with Gasteiger partial charge in [-0.1, -0.05) is 0 Å². The van der Waals surface area contributed by atoms with Gasteiger partial charge in [-0.2, -0.15) is 4.31 Å². The minimum Gasteiger partial charge on any atom is -0.486 e. The van der Waals surface area contributed by atoms with E-state index in [4.69, 9.17) is 9.47 Å². The van der Waals surface area contributed by atoms with E-state index < -0.39 is 10.0 Å². The molecule has 3 rings (SSSR count). The highest BCUT2D eigenvalue weighted by molar-refractivity contribution is 7.89. The molecule has 0 bridgehead atoms. The quantitative estimate of drug-likeness (QED) is 0.884. The average Bonchev–Trinajstić information content (AvgIpc) is 2.96. The first-order valence-electron chi connectivity index (χ1n) is 6.65. The van der Waals surface area contributed by atoms with Crippen molar-refractivity contribution in [1.29, 1.82) is 0 Å². The van der Waals surface area contributed by atoms with Crippen molar-refractivity contribution in [3.63, 3.8) is 0 Å². The monoisotopic (exact) mass is 299 g/mol. The van der Waals surface area contributed by atoms with Gasteiger partial charge in [0, 0.05) is 18.7 Å². The lowest BCUT2D eigenvalue weighted by molar-refractivity contribution is 0.171. The minimum atomic E-state index is -3.60. The first kappa shape index (κ1) is 13.7. The Kier molecular flexibility index (Phi) is 3.57. The highest BCUT2D eigenvalue weighted by Crippen LogP contribution is 2.34. The number of sulfonamides is 1. The minimum absolute atomic E-state index is 0.149. The Morgan fingerprint density at radius 3 is 2.75 bits per heavy atom. The maximum Gasteiger partial charge on any atom is 0.243 e. The average molecular weight is 299 g/mol. The fraction of sp³-hybridized carbons (Fsp3) is 0.538. The van der Waals surface area contributed by atoms with Crippen LogP contribution < -0.4 is 9.47 Å². The number of ether oxygens (including phenoxy) is 2. The number of benzene rings is 1. The van der Waals surface area contributed by atoms with Crippen molar-refractivity contribution >= 4 is 10.0 Å². The second-order valence-corrected chi connectivity index (χ2v) is 6.79. The summed E-state index contributed by atoms with van der Waals surface area (Å²) in [6.45, 7) is 1.18. The van der Waals surface area contributed by atoms with E-state index in [-0.39, 0.29) is 17.5 Å². The first-order chi connectivity index (χ1) is 9.63. The van der Waals surface area contributed by atoms with Gasteiger partial charge in [-0.15, -0.1) is 0 Å². The van der Waals surface area contributed by atoms with Gasteiger partial charge in [0.1, 0.15) is 13.2 Å². The molecule has 0 radical (unpaired) electrons. The molecule has 0 unspecified atom stereocenters.